The molecule has 4 nitrogen and oxygen atoms in total. The number of pyridine rings is 1. The number of likely N-dealkylation sites (tertiary alicyclic amines) is 1. The second-order valence-electron chi connectivity index (χ2n) is 6.73. The Morgan fingerprint density at radius 1 is 1.35 bits per heavy atom. The summed E-state index contributed by atoms with van der Waals surface area (Å²) in [5.41, 5.74) is 2.31. The molecule has 1 aromatic carbocycles. The van der Waals surface area contributed by atoms with Crippen LogP contribution in [-0.4, -0.2) is 48.4 Å². The number of hydrogen-bond donors (Lipinski definition) is 0. The lowest BCUT2D eigenvalue weighted by Gasteiger charge is -2.44. The minimum atomic E-state index is -0.106. The van der Waals surface area contributed by atoms with Crippen LogP contribution in [0.5, 0.6) is 0 Å². The van der Waals surface area contributed by atoms with E-state index in [1.165, 1.54) is 10.9 Å². The smallest absolute Gasteiger partial charge is 0.107 e. The molecule has 2 fully saturated rings. The second-order valence-corrected chi connectivity index (χ2v) is 6.73. The Hall–Kier alpha value is -1.49. The van der Waals surface area contributed by atoms with Gasteiger partial charge >= 0.3 is 0 Å². The fourth-order valence-electron chi connectivity index (χ4n) is 4.22. The average molecular weight is 312 g/mol. The number of rotatable bonds is 3. The van der Waals surface area contributed by atoms with Crippen LogP contribution >= 0.6 is 0 Å². The van der Waals surface area contributed by atoms with Gasteiger partial charge in [-0.1, -0.05) is 24.3 Å². The van der Waals surface area contributed by atoms with Crippen molar-refractivity contribution >= 4 is 10.9 Å². The first-order chi connectivity index (χ1) is 11.3. The highest BCUT2D eigenvalue weighted by molar-refractivity contribution is 5.81. The van der Waals surface area contributed by atoms with Gasteiger partial charge in [-0.15, -0.1) is 0 Å². The molecule has 0 radical (unpaired) electrons. The normalized spacial score (nSPS) is 28.7. The van der Waals surface area contributed by atoms with Gasteiger partial charge in [-0.25, -0.2) is 0 Å². The average Bonchev–Trinajstić information content (AvgIpc) is 3.04. The van der Waals surface area contributed by atoms with Gasteiger partial charge in [0.05, 0.1) is 11.6 Å². The van der Waals surface area contributed by atoms with E-state index in [-0.39, 0.29) is 11.7 Å². The van der Waals surface area contributed by atoms with E-state index in [9.17, 15) is 0 Å². The Morgan fingerprint density at radius 3 is 3.09 bits per heavy atom. The van der Waals surface area contributed by atoms with Crippen LogP contribution in [0.2, 0.25) is 0 Å². The van der Waals surface area contributed by atoms with Crippen LogP contribution in [0.1, 0.15) is 24.8 Å². The SMILES string of the molecule is CO[C@H]1CCN(Cc2cccc3cccnc23)C[C@@]12CCCO2. The van der Waals surface area contributed by atoms with Crippen molar-refractivity contribution in [1.82, 2.24) is 9.88 Å². The molecule has 0 N–H and O–H groups in total. The molecule has 1 aromatic heterocycles. The van der Waals surface area contributed by atoms with Crippen LogP contribution < -0.4 is 0 Å². The van der Waals surface area contributed by atoms with Crippen molar-refractivity contribution in [3.8, 4) is 0 Å². The summed E-state index contributed by atoms with van der Waals surface area (Å²) < 4.78 is 11.9. The molecule has 0 saturated carbocycles. The lowest BCUT2D eigenvalue weighted by atomic mass is 9.86. The summed E-state index contributed by atoms with van der Waals surface area (Å²) in [6, 6.07) is 10.6. The highest BCUT2D eigenvalue weighted by Crippen LogP contribution is 2.37. The highest BCUT2D eigenvalue weighted by Gasteiger charge is 2.47. The minimum Gasteiger partial charge on any atom is -0.378 e. The summed E-state index contributed by atoms with van der Waals surface area (Å²) in [5.74, 6) is 0. The van der Waals surface area contributed by atoms with Gasteiger partial charge < -0.3 is 9.47 Å². The molecule has 2 aliphatic heterocycles. The number of benzene rings is 1. The Morgan fingerprint density at radius 2 is 2.26 bits per heavy atom. The number of ether oxygens (including phenoxy) is 2. The molecule has 23 heavy (non-hydrogen) atoms. The van der Waals surface area contributed by atoms with Gasteiger partial charge in [-0.2, -0.15) is 0 Å². The molecule has 4 rings (SSSR count). The van der Waals surface area contributed by atoms with Crippen molar-refractivity contribution < 1.29 is 9.47 Å². The van der Waals surface area contributed by atoms with E-state index in [1.54, 1.807) is 0 Å². The first-order valence-corrected chi connectivity index (χ1v) is 8.52. The molecule has 2 saturated heterocycles. The zero-order valence-electron chi connectivity index (χ0n) is 13.7. The van der Waals surface area contributed by atoms with Crippen molar-refractivity contribution in [2.45, 2.75) is 37.5 Å². The van der Waals surface area contributed by atoms with Gasteiger partial charge in [-0.3, -0.25) is 9.88 Å². The molecule has 4 heteroatoms. The maximum atomic E-state index is 6.16. The van der Waals surface area contributed by atoms with Gasteiger partial charge in [0.2, 0.25) is 0 Å². The lowest BCUT2D eigenvalue weighted by molar-refractivity contribution is -0.145. The predicted octanol–water partition coefficient (Wildman–Crippen LogP) is 3.00. The van der Waals surface area contributed by atoms with Crippen LogP contribution in [0.15, 0.2) is 36.5 Å². The van der Waals surface area contributed by atoms with Crippen molar-refractivity contribution in [2.24, 2.45) is 0 Å². The van der Waals surface area contributed by atoms with Crippen LogP contribution in [0.4, 0.5) is 0 Å². The second kappa shape index (κ2) is 6.19. The molecule has 0 bridgehead atoms. The van der Waals surface area contributed by atoms with E-state index in [4.69, 9.17) is 9.47 Å². The number of aromatic nitrogens is 1. The third-order valence-corrected chi connectivity index (χ3v) is 5.31. The van der Waals surface area contributed by atoms with Gasteiger partial charge in [0.25, 0.3) is 0 Å². The summed E-state index contributed by atoms with van der Waals surface area (Å²) in [6.45, 7) is 3.79. The van der Waals surface area contributed by atoms with Gasteiger partial charge in [-0.05, 0) is 30.9 Å². The largest absolute Gasteiger partial charge is 0.378 e. The van der Waals surface area contributed by atoms with Crippen molar-refractivity contribution in [1.29, 1.82) is 0 Å². The first kappa shape index (κ1) is 15.1. The molecule has 1 spiro atoms. The summed E-state index contributed by atoms with van der Waals surface area (Å²) in [5, 5.41) is 1.21. The standard InChI is InChI=1S/C19H24N2O2/c1-22-17-8-11-21(14-19(17)9-4-12-23-19)13-16-6-2-5-15-7-3-10-20-18(15)16/h2-3,5-7,10,17H,4,8-9,11-14H2,1H3/t17-,19-/m0/s1. The topological polar surface area (TPSA) is 34.6 Å². The van der Waals surface area contributed by atoms with Crippen molar-refractivity contribution in [3.05, 3.63) is 42.1 Å². The molecule has 0 aliphatic carbocycles. The van der Waals surface area contributed by atoms with Crippen molar-refractivity contribution in [3.63, 3.8) is 0 Å². The predicted molar refractivity (Wildman–Crippen MR) is 90.4 cm³/mol. The summed E-state index contributed by atoms with van der Waals surface area (Å²) in [4.78, 5) is 7.09. The van der Waals surface area contributed by atoms with E-state index in [2.05, 4.69) is 34.1 Å². The number of fused-ring (bicyclic) bond motifs is 1. The summed E-state index contributed by atoms with van der Waals surface area (Å²) in [6.07, 6.45) is 5.39. The van der Waals surface area contributed by atoms with E-state index in [1.807, 2.05) is 19.4 Å². The lowest BCUT2D eigenvalue weighted by Crippen LogP contribution is -2.56. The summed E-state index contributed by atoms with van der Waals surface area (Å²) in [7, 11) is 1.82. The zero-order chi connectivity index (χ0) is 15.7. The van der Waals surface area contributed by atoms with Crippen LogP contribution in [0.25, 0.3) is 10.9 Å². The van der Waals surface area contributed by atoms with Crippen molar-refractivity contribution in [2.75, 3.05) is 26.8 Å². The number of para-hydroxylation sites is 1. The molecule has 3 heterocycles. The maximum absolute atomic E-state index is 6.16. The molecule has 0 unspecified atom stereocenters. The fourth-order valence-corrected chi connectivity index (χ4v) is 4.22. The van der Waals surface area contributed by atoms with E-state index in [0.717, 1.165) is 51.0 Å². The van der Waals surface area contributed by atoms with Crippen LogP contribution in [0, 0.1) is 0 Å². The molecule has 2 aromatic rings. The number of hydrogen-bond acceptors (Lipinski definition) is 4. The Bertz CT molecular complexity index is 677. The Kier molecular flexibility index (Phi) is 4.05. The third kappa shape index (κ3) is 2.75. The van der Waals surface area contributed by atoms with Gasteiger partial charge in [0.15, 0.2) is 0 Å². The van der Waals surface area contributed by atoms with E-state index < -0.39 is 0 Å². The molecule has 2 atom stereocenters. The summed E-state index contributed by atoms with van der Waals surface area (Å²) >= 11 is 0. The fraction of sp³-hybridized carbons (Fsp3) is 0.526. The highest BCUT2D eigenvalue weighted by atomic mass is 16.5. The number of methoxy groups -OCH3 is 1. The van der Waals surface area contributed by atoms with E-state index >= 15 is 0 Å². The van der Waals surface area contributed by atoms with Crippen LogP contribution in [0.3, 0.4) is 0 Å². The first-order valence-electron chi connectivity index (χ1n) is 8.52. The number of nitrogens with zero attached hydrogens (tertiary/aromatic N) is 2. The van der Waals surface area contributed by atoms with Gasteiger partial charge in [0, 0.05) is 44.9 Å². The molecular formula is C19H24N2O2. The Labute approximate surface area is 137 Å². The third-order valence-electron chi connectivity index (χ3n) is 5.31. The maximum Gasteiger partial charge on any atom is 0.107 e. The quantitative estimate of drug-likeness (QED) is 0.872. The molecule has 2 aliphatic rings. The molecular weight excluding hydrogens is 288 g/mol. The van der Waals surface area contributed by atoms with Gasteiger partial charge in [0.1, 0.15) is 5.60 Å². The molecule has 122 valence electrons. The monoisotopic (exact) mass is 312 g/mol. The van der Waals surface area contributed by atoms with Crippen LogP contribution in [-0.2, 0) is 16.0 Å². The Balaban J connectivity index is 1.57. The van der Waals surface area contributed by atoms with E-state index in [0.29, 0.717) is 0 Å². The minimum absolute atomic E-state index is 0.106. The zero-order valence-corrected chi connectivity index (χ0v) is 13.7. The number of piperidine rings is 1. The molecule has 0 amide bonds.